The van der Waals surface area contributed by atoms with E-state index in [0.717, 1.165) is 34.5 Å². The van der Waals surface area contributed by atoms with Gasteiger partial charge in [-0.15, -0.1) is 11.3 Å². The third kappa shape index (κ3) is 2.60. The van der Waals surface area contributed by atoms with E-state index in [9.17, 15) is 4.79 Å². The summed E-state index contributed by atoms with van der Waals surface area (Å²) in [5.41, 5.74) is -0.332. The van der Waals surface area contributed by atoms with E-state index in [-0.39, 0.29) is 17.5 Å². The van der Waals surface area contributed by atoms with Crippen molar-refractivity contribution in [3.8, 4) is 0 Å². The minimum atomic E-state index is -0.332. The lowest BCUT2D eigenvalue weighted by molar-refractivity contribution is -0.149. The van der Waals surface area contributed by atoms with Crippen LogP contribution in [0.3, 0.4) is 0 Å². The standard InChI is InChI=1S/C12H16BrNO3S/c1-16-10(15)8-3-5-12(17-2,6-4-8)11-14-7-9(13)18-11/h7-8H,3-6H2,1-2H3/t8-,12+. The largest absolute Gasteiger partial charge is 0.469 e. The summed E-state index contributed by atoms with van der Waals surface area (Å²) < 4.78 is 11.5. The molecule has 0 aromatic carbocycles. The van der Waals surface area contributed by atoms with Crippen LogP contribution in [0.15, 0.2) is 9.98 Å². The van der Waals surface area contributed by atoms with Crippen LogP contribution in [-0.2, 0) is 19.9 Å². The number of nitrogens with zero attached hydrogens (tertiary/aromatic N) is 1. The van der Waals surface area contributed by atoms with E-state index in [2.05, 4.69) is 20.9 Å². The van der Waals surface area contributed by atoms with Gasteiger partial charge in [-0.2, -0.15) is 0 Å². The van der Waals surface area contributed by atoms with E-state index in [1.165, 1.54) is 7.11 Å². The molecule has 0 aliphatic heterocycles. The third-order valence-electron chi connectivity index (χ3n) is 3.59. The van der Waals surface area contributed by atoms with Crippen molar-refractivity contribution in [2.75, 3.05) is 14.2 Å². The van der Waals surface area contributed by atoms with E-state index >= 15 is 0 Å². The van der Waals surface area contributed by atoms with Gasteiger partial charge in [-0.3, -0.25) is 4.79 Å². The first-order valence-electron chi connectivity index (χ1n) is 5.86. The second-order valence-corrected chi connectivity index (χ2v) is 6.88. The van der Waals surface area contributed by atoms with Gasteiger partial charge in [0.2, 0.25) is 0 Å². The molecule has 0 bridgehead atoms. The molecule has 0 N–H and O–H groups in total. The molecule has 1 aliphatic carbocycles. The Kier molecular flexibility index (Phi) is 4.40. The van der Waals surface area contributed by atoms with Crippen molar-refractivity contribution in [1.29, 1.82) is 0 Å². The van der Waals surface area contributed by atoms with Crippen molar-refractivity contribution in [2.24, 2.45) is 5.92 Å². The summed E-state index contributed by atoms with van der Waals surface area (Å²) >= 11 is 5.02. The molecule has 0 radical (unpaired) electrons. The molecule has 1 aliphatic rings. The van der Waals surface area contributed by atoms with Crippen LogP contribution >= 0.6 is 27.3 Å². The van der Waals surface area contributed by atoms with Gasteiger partial charge in [-0.25, -0.2) is 4.98 Å². The molecular weight excluding hydrogens is 318 g/mol. The van der Waals surface area contributed by atoms with Gasteiger partial charge in [0.05, 0.1) is 23.0 Å². The maximum absolute atomic E-state index is 11.5. The number of hydrogen-bond donors (Lipinski definition) is 0. The highest BCUT2D eigenvalue weighted by atomic mass is 79.9. The Balaban J connectivity index is 2.11. The molecule has 1 heterocycles. The first-order chi connectivity index (χ1) is 8.61. The molecule has 1 aromatic rings. The molecule has 1 aromatic heterocycles. The van der Waals surface area contributed by atoms with Crippen LogP contribution in [0.1, 0.15) is 30.7 Å². The number of carbonyl (C=O) groups excluding carboxylic acids is 1. The van der Waals surface area contributed by atoms with Crippen molar-refractivity contribution >= 4 is 33.2 Å². The average Bonchev–Trinajstić information content (AvgIpc) is 2.85. The highest BCUT2D eigenvalue weighted by Crippen LogP contribution is 2.44. The summed E-state index contributed by atoms with van der Waals surface area (Å²) in [4.78, 5) is 15.9. The molecule has 1 fully saturated rings. The summed E-state index contributed by atoms with van der Waals surface area (Å²) in [6, 6.07) is 0. The van der Waals surface area contributed by atoms with Crippen LogP contribution in [0.25, 0.3) is 0 Å². The molecular formula is C12H16BrNO3S. The SMILES string of the molecule is COC(=O)[C@H]1CC[C@](OC)(c2ncc(Br)s2)CC1. The smallest absolute Gasteiger partial charge is 0.308 e. The van der Waals surface area contributed by atoms with Gasteiger partial charge in [0.15, 0.2) is 0 Å². The number of rotatable bonds is 3. The topological polar surface area (TPSA) is 48.4 Å². The van der Waals surface area contributed by atoms with Gasteiger partial charge in [-0.05, 0) is 41.6 Å². The van der Waals surface area contributed by atoms with E-state index < -0.39 is 0 Å². The molecule has 0 unspecified atom stereocenters. The summed E-state index contributed by atoms with van der Waals surface area (Å²) in [7, 11) is 3.16. The number of esters is 1. The van der Waals surface area contributed by atoms with Crippen LogP contribution in [0.5, 0.6) is 0 Å². The van der Waals surface area contributed by atoms with Gasteiger partial charge >= 0.3 is 5.97 Å². The van der Waals surface area contributed by atoms with E-state index in [1.807, 2.05) is 0 Å². The minimum absolute atomic E-state index is 0.00155. The van der Waals surface area contributed by atoms with Gasteiger partial charge in [0.25, 0.3) is 0 Å². The zero-order chi connectivity index (χ0) is 13.2. The quantitative estimate of drug-likeness (QED) is 0.797. The summed E-state index contributed by atoms with van der Waals surface area (Å²) in [6.45, 7) is 0. The monoisotopic (exact) mass is 333 g/mol. The fourth-order valence-corrected chi connectivity index (χ4v) is 3.89. The van der Waals surface area contributed by atoms with E-state index in [1.54, 1.807) is 24.6 Å². The lowest BCUT2D eigenvalue weighted by atomic mass is 9.79. The molecule has 4 nitrogen and oxygen atoms in total. The molecule has 18 heavy (non-hydrogen) atoms. The zero-order valence-electron chi connectivity index (χ0n) is 10.4. The molecule has 1 saturated carbocycles. The Labute approximate surface area is 119 Å². The molecule has 2 rings (SSSR count). The van der Waals surface area contributed by atoms with Crippen LogP contribution in [-0.4, -0.2) is 25.2 Å². The van der Waals surface area contributed by atoms with Crippen LogP contribution in [0.2, 0.25) is 0 Å². The maximum Gasteiger partial charge on any atom is 0.308 e. The Hall–Kier alpha value is -0.460. The van der Waals surface area contributed by atoms with Gasteiger partial charge in [0.1, 0.15) is 10.6 Å². The Bertz CT molecular complexity index is 427. The van der Waals surface area contributed by atoms with E-state index in [4.69, 9.17) is 9.47 Å². The average molecular weight is 334 g/mol. The Morgan fingerprint density at radius 3 is 2.61 bits per heavy atom. The summed E-state index contributed by atoms with van der Waals surface area (Å²) in [5, 5.41) is 0.986. The minimum Gasteiger partial charge on any atom is -0.469 e. The number of hydrogen-bond acceptors (Lipinski definition) is 5. The lowest BCUT2D eigenvalue weighted by Gasteiger charge is -2.36. The molecule has 0 spiro atoms. The van der Waals surface area contributed by atoms with Crippen molar-refractivity contribution in [2.45, 2.75) is 31.3 Å². The number of halogens is 1. The van der Waals surface area contributed by atoms with Crippen molar-refractivity contribution in [3.63, 3.8) is 0 Å². The number of carbonyl (C=O) groups is 1. The zero-order valence-corrected chi connectivity index (χ0v) is 12.8. The van der Waals surface area contributed by atoms with Crippen LogP contribution in [0, 0.1) is 5.92 Å². The first kappa shape index (κ1) is 14.0. The van der Waals surface area contributed by atoms with Gasteiger partial charge in [0, 0.05) is 7.11 Å². The Morgan fingerprint density at radius 2 is 2.17 bits per heavy atom. The van der Waals surface area contributed by atoms with Crippen molar-refractivity contribution in [1.82, 2.24) is 4.98 Å². The number of ether oxygens (including phenoxy) is 2. The highest BCUT2D eigenvalue weighted by molar-refractivity contribution is 9.11. The predicted molar refractivity (Wildman–Crippen MR) is 72.5 cm³/mol. The number of thiazole rings is 1. The maximum atomic E-state index is 11.5. The molecule has 100 valence electrons. The first-order valence-corrected chi connectivity index (χ1v) is 7.47. The summed E-state index contributed by atoms with van der Waals surface area (Å²) in [6.07, 6.45) is 5.00. The van der Waals surface area contributed by atoms with Crippen LogP contribution in [0.4, 0.5) is 0 Å². The molecule has 6 heteroatoms. The predicted octanol–water partition coefficient (Wildman–Crippen LogP) is 3.11. The lowest BCUT2D eigenvalue weighted by Crippen LogP contribution is -2.35. The molecule has 0 saturated heterocycles. The molecule has 0 amide bonds. The van der Waals surface area contributed by atoms with E-state index in [0.29, 0.717) is 0 Å². The molecule has 0 atom stereocenters. The Morgan fingerprint density at radius 1 is 1.50 bits per heavy atom. The van der Waals surface area contributed by atoms with Gasteiger partial charge in [-0.1, -0.05) is 0 Å². The van der Waals surface area contributed by atoms with Gasteiger partial charge < -0.3 is 9.47 Å². The number of aromatic nitrogens is 1. The second-order valence-electron chi connectivity index (χ2n) is 4.47. The second kappa shape index (κ2) is 5.67. The number of methoxy groups -OCH3 is 2. The fourth-order valence-electron chi connectivity index (χ4n) is 2.46. The fraction of sp³-hybridized carbons (Fsp3) is 0.667. The summed E-state index contributed by atoms with van der Waals surface area (Å²) in [5.74, 6) is -0.110. The van der Waals surface area contributed by atoms with Crippen LogP contribution < -0.4 is 0 Å². The van der Waals surface area contributed by atoms with Crippen molar-refractivity contribution < 1.29 is 14.3 Å². The third-order valence-corrected chi connectivity index (χ3v) is 5.25. The van der Waals surface area contributed by atoms with Crippen molar-refractivity contribution in [3.05, 3.63) is 15.0 Å². The highest BCUT2D eigenvalue weighted by Gasteiger charge is 2.41. The normalized spacial score (nSPS) is 28.1.